The van der Waals surface area contributed by atoms with Crippen LogP contribution in [0.3, 0.4) is 0 Å². The fourth-order valence-corrected chi connectivity index (χ4v) is 4.13. The van der Waals surface area contributed by atoms with E-state index in [2.05, 4.69) is 25.2 Å². The predicted octanol–water partition coefficient (Wildman–Crippen LogP) is -1.56. The molecular formula is C20H30N8O6. The van der Waals surface area contributed by atoms with E-state index in [4.69, 9.17) is 15.2 Å². The number of rotatable bonds is 6. The molecule has 0 bridgehead atoms. The maximum absolute atomic E-state index is 12.2. The molecule has 186 valence electrons. The van der Waals surface area contributed by atoms with Crippen LogP contribution in [0, 0.1) is 0 Å². The summed E-state index contributed by atoms with van der Waals surface area (Å²) in [4.78, 5) is 41.0. The van der Waals surface area contributed by atoms with Crippen LogP contribution in [0.1, 0.15) is 25.9 Å². The van der Waals surface area contributed by atoms with E-state index in [0.717, 1.165) is 0 Å². The SMILES string of the molecule is CCNC(=O)[C@H]1O[C@@H](n2cnc3c(N)nc(CN4CCN(C(=O)OCC)CC4)nc32)C(O)C1O. The number of nitrogens with one attached hydrogen (secondary N) is 1. The Labute approximate surface area is 195 Å². The molecule has 2 fully saturated rings. The number of anilines is 1. The van der Waals surface area contributed by atoms with Gasteiger partial charge < -0.3 is 35.6 Å². The van der Waals surface area contributed by atoms with Crippen LogP contribution in [0.2, 0.25) is 0 Å². The molecule has 2 aliphatic rings. The summed E-state index contributed by atoms with van der Waals surface area (Å²) in [6.07, 6.45) is -4.03. The van der Waals surface area contributed by atoms with Crippen molar-refractivity contribution >= 4 is 29.0 Å². The third-order valence-electron chi connectivity index (χ3n) is 5.88. The average Bonchev–Trinajstić information content (AvgIpc) is 3.36. The number of nitrogen functional groups attached to an aromatic ring is 1. The molecule has 0 aliphatic carbocycles. The van der Waals surface area contributed by atoms with Gasteiger partial charge in [-0.3, -0.25) is 14.3 Å². The van der Waals surface area contributed by atoms with E-state index < -0.39 is 30.4 Å². The van der Waals surface area contributed by atoms with Crippen molar-refractivity contribution in [3.63, 3.8) is 0 Å². The standard InChI is InChI=1S/C20H30N8O6/c1-3-22-18(31)15-13(29)14(30)19(34-15)28-10-23-12-16(21)24-11(25-17(12)28)9-26-5-7-27(8-6-26)20(32)33-4-2/h10,13-15,19,29-30H,3-9H2,1-2H3,(H,22,31)(H2,21,24,25)/t13?,14?,15-,19+/m0/s1. The Morgan fingerprint density at radius 2 is 1.94 bits per heavy atom. The van der Waals surface area contributed by atoms with Crippen molar-refractivity contribution in [1.82, 2.24) is 34.6 Å². The van der Waals surface area contributed by atoms with Gasteiger partial charge in [-0.25, -0.2) is 19.7 Å². The summed E-state index contributed by atoms with van der Waals surface area (Å²) in [5, 5.41) is 23.5. The third kappa shape index (κ3) is 4.61. The number of amides is 2. The van der Waals surface area contributed by atoms with Crippen molar-refractivity contribution in [3.05, 3.63) is 12.2 Å². The number of nitrogens with zero attached hydrogens (tertiary/aromatic N) is 6. The highest BCUT2D eigenvalue weighted by atomic mass is 16.6. The summed E-state index contributed by atoms with van der Waals surface area (Å²) < 4.78 is 12.2. The largest absolute Gasteiger partial charge is 0.450 e. The van der Waals surface area contributed by atoms with Crippen molar-refractivity contribution < 1.29 is 29.3 Å². The molecule has 2 aliphatic heterocycles. The van der Waals surface area contributed by atoms with E-state index >= 15 is 0 Å². The first-order valence-corrected chi connectivity index (χ1v) is 11.3. The minimum absolute atomic E-state index is 0.164. The first-order chi connectivity index (χ1) is 16.3. The number of aliphatic hydroxyl groups excluding tert-OH is 2. The van der Waals surface area contributed by atoms with E-state index in [0.29, 0.717) is 62.9 Å². The first kappa shape index (κ1) is 24.1. The number of aromatic nitrogens is 4. The Kier molecular flexibility index (Phi) is 7.11. The normalized spacial score (nSPS) is 25.6. The molecule has 5 N–H and O–H groups in total. The molecular weight excluding hydrogens is 448 g/mol. The highest BCUT2D eigenvalue weighted by molar-refractivity contribution is 5.83. The van der Waals surface area contributed by atoms with Gasteiger partial charge in [-0.05, 0) is 13.8 Å². The predicted molar refractivity (Wildman–Crippen MR) is 118 cm³/mol. The van der Waals surface area contributed by atoms with Gasteiger partial charge in [0, 0.05) is 32.7 Å². The molecule has 4 heterocycles. The quantitative estimate of drug-likeness (QED) is 0.377. The second-order valence-electron chi connectivity index (χ2n) is 8.13. The second-order valence-corrected chi connectivity index (χ2v) is 8.13. The van der Waals surface area contributed by atoms with Crippen molar-refractivity contribution in [2.75, 3.05) is 45.1 Å². The molecule has 2 aromatic heterocycles. The smallest absolute Gasteiger partial charge is 0.409 e. The minimum Gasteiger partial charge on any atom is -0.450 e. The van der Waals surface area contributed by atoms with Gasteiger partial charge in [-0.2, -0.15) is 0 Å². The van der Waals surface area contributed by atoms with Crippen LogP contribution >= 0.6 is 0 Å². The summed E-state index contributed by atoms with van der Waals surface area (Å²) in [6, 6.07) is 0. The number of ether oxygens (including phenoxy) is 2. The van der Waals surface area contributed by atoms with Gasteiger partial charge in [0.2, 0.25) is 0 Å². The zero-order chi connectivity index (χ0) is 24.4. The maximum atomic E-state index is 12.2. The molecule has 2 amide bonds. The number of hydrogen-bond acceptors (Lipinski definition) is 11. The molecule has 2 unspecified atom stereocenters. The number of carbonyl (C=O) groups is 2. The molecule has 14 heteroatoms. The number of carbonyl (C=O) groups excluding carboxylic acids is 2. The fraction of sp³-hybridized carbons (Fsp3) is 0.650. The summed E-state index contributed by atoms with van der Waals surface area (Å²) in [5.74, 6) is 0.0830. The van der Waals surface area contributed by atoms with Crippen LogP contribution in [-0.4, -0.2) is 109 Å². The molecule has 4 atom stereocenters. The van der Waals surface area contributed by atoms with Crippen LogP contribution in [0.25, 0.3) is 11.2 Å². The second kappa shape index (κ2) is 10.0. The van der Waals surface area contributed by atoms with Crippen LogP contribution < -0.4 is 11.1 Å². The average molecular weight is 479 g/mol. The van der Waals surface area contributed by atoms with Crippen LogP contribution in [-0.2, 0) is 20.8 Å². The minimum atomic E-state index is -1.41. The fourth-order valence-electron chi connectivity index (χ4n) is 4.13. The van der Waals surface area contributed by atoms with Crippen molar-refractivity contribution in [2.24, 2.45) is 0 Å². The summed E-state index contributed by atoms with van der Waals surface area (Å²) in [7, 11) is 0. The molecule has 34 heavy (non-hydrogen) atoms. The van der Waals surface area contributed by atoms with Gasteiger partial charge in [-0.1, -0.05) is 0 Å². The number of nitrogens with two attached hydrogens (primary N) is 1. The van der Waals surface area contributed by atoms with Gasteiger partial charge >= 0.3 is 6.09 Å². The molecule has 0 radical (unpaired) electrons. The van der Waals surface area contributed by atoms with E-state index in [9.17, 15) is 19.8 Å². The molecule has 0 saturated carbocycles. The Morgan fingerprint density at radius 3 is 2.62 bits per heavy atom. The number of fused-ring (bicyclic) bond motifs is 1. The molecule has 0 aromatic carbocycles. The zero-order valence-corrected chi connectivity index (χ0v) is 19.1. The molecule has 2 aromatic rings. The maximum Gasteiger partial charge on any atom is 0.409 e. The van der Waals surface area contributed by atoms with Gasteiger partial charge in [0.05, 0.1) is 19.5 Å². The number of hydrogen-bond donors (Lipinski definition) is 4. The number of piperazine rings is 1. The molecule has 4 rings (SSSR count). The van der Waals surface area contributed by atoms with E-state index in [1.807, 2.05) is 0 Å². The lowest BCUT2D eigenvalue weighted by molar-refractivity contribution is -0.137. The first-order valence-electron chi connectivity index (χ1n) is 11.3. The number of likely N-dealkylation sites (N-methyl/N-ethyl adjacent to an activating group) is 1. The van der Waals surface area contributed by atoms with Gasteiger partial charge in [0.25, 0.3) is 5.91 Å². The van der Waals surface area contributed by atoms with Crippen LogP contribution in [0.15, 0.2) is 6.33 Å². The van der Waals surface area contributed by atoms with Crippen molar-refractivity contribution in [1.29, 1.82) is 0 Å². The Bertz CT molecular complexity index is 1040. The Balaban J connectivity index is 1.51. The molecule has 2 saturated heterocycles. The monoisotopic (exact) mass is 478 g/mol. The van der Waals surface area contributed by atoms with Crippen molar-refractivity contribution in [2.45, 2.75) is 44.9 Å². The van der Waals surface area contributed by atoms with Crippen LogP contribution in [0.5, 0.6) is 0 Å². The topological polar surface area (TPSA) is 181 Å². The lowest BCUT2D eigenvalue weighted by atomic mass is 10.1. The van der Waals surface area contributed by atoms with Gasteiger partial charge in [0.1, 0.15) is 23.5 Å². The highest BCUT2D eigenvalue weighted by Crippen LogP contribution is 2.32. The van der Waals surface area contributed by atoms with E-state index in [-0.39, 0.29) is 11.9 Å². The van der Waals surface area contributed by atoms with Gasteiger partial charge in [-0.15, -0.1) is 0 Å². The lowest BCUT2D eigenvalue weighted by Gasteiger charge is -2.33. The number of imidazole rings is 1. The van der Waals surface area contributed by atoms with Crippen molar-refractivity contribution in [3.8, 4) is 0 Å². The van der Waals surface area contributed by atoms with Crippen LogP contribution in [0.4, 0.5) is 10.6 Å². The highest BCUT2D eigenvalue weighted by Gasteiger charge is 2.47. The summed E-state index contributed by atoms with van der Waals surface area (Å²) in [6.45, 7) is 6.88. The summed E-state index contributed by atoms with van der Waals surface area (Å²) in [5.41, 5.74) is 6.76. The third-order valence-corrected chi connectivity index (χ3v) is 5.88. The Morgan fingerprint density at radius 1 is 1.21 bits per heavy atom. The number of aliphatic hydroxyl groups is 2. The Hall–Kier alpha value is -3.07. The summed E-state index contributed by atoms with van der Waals surface area (Å²) >= 11 is 0. The molecule has 14 nitrogen and oxygen atoms in total. The zero-order valence-electron chi connectivity index (χ0n) is 19.1. The van der Waals surface area contributed by atoms with E-state index in [1.165, 1.54) is 10.9 Å². The van der Waals surface area contributed by atoms with Gasteiger partial charge in [0.15, 0.2) is 23.8 Å². The lowest BCUT2D eigenvalue weighted by Crippen LogP contribution is -2.48. The molecule has 0 spiro atoms. The van der Waals surface area contributed by atoms with E-state index in [1.54, 1.807) is 18.7 Å².